The summed E-state index contributed by atoms with van der Waals surface area (Å²) in [6, 6.07) is 33.7. The first-order chi connectivity index (χ1) is 13.8. The fourth-order valence-corrected chi connectivity index (χ4v) is 3.71. The van der Waals surface area contributed by atoms with Gasteiger partial charge in [-0.05, 0) is 29.1 Å². The van der Waals surface area contributed by atoms with Crippen LogP contribution in [0.15, 0.2) is 103 Å². The molecule has 0 radical (unpaired) electrons. The maximum absolute atomic E-state index is 13.0. The lowest BCUT2D eigenvalue weighted by atomic mass is 10.1. The average Bonchev–Trinajstić information content (AvgIpc) is 3.11. The third-order valence-corrected chi connectivity index (χ3v) is 4.97. The molecule has 0 saturated carbocycles. The van der Waals surface area contributed by atoms with E-state index < -0.39 is 12.3 Å². The van der Waals surface area contributed by atoms with Crippen LogP contribution in [-0.2, 0) is 4.84 Å². The highest BCUT2D eigenvalue weighted by Gasteiger charge is 2.43. The van der Waals surface area contributed by atoms with Crippen molar-refractivity contribution < 1.29 is 9.63 Å². The van der Waals surface area contributed by atoms with Crippen LogP contribution in [0.4, 0.5) is 16.2 Å². The summed E-state index contributed by atoms with van der Waals surface area (Å²) >= 11 is 0. The third kappa shape index (κ3) is 2.67. The number of anilines is 2. The van der Waals surface area contributed by atoms with Crippen LogP contribution >= 0.6 is 0 Å². The van der Waals surface area contributed by atoms with Gasteiger partial charge in [0.15, 0.2) is 6.17 Å². The molecule has 4 aromatic carbocycles. The average molecular weight is 366 g/mol. The lowest BCUT2D eigenvalue weighted by molar-refractivity contribution is 0.164. The number of rotatable bonds is 3. The fourth-order valence-electron chi connectivity index (χ4n) is 3.71. The lowest BCUT2D eigenvalue weighted by Crippen LogP contribution is -2.31. The number of benzene rings is 4. The molecule has 0 aliphatic carbocycles. The normalized spacial score (nSPS) is 16.4. The van der Waals surface area contributed by atoms with E-state index in [1.807, 2.05) is 103 Å². The molecule has 1 atom stereocenters. The molecule has 0 aromatic heterocycles. The Labute approximate surface area is 163 Å². The molecule has 0 bridgehead atoms. The van der Waals surface area contributed by atoms with Crippen molar-refractivity contribution in [3.8, 4) is 0 Å². The van der Waals surface area contributed by atoms with Crippen LogP contribution in [0.2, 0.25) is 0 Å². The molecule has 1 fully saturated rings. The van der Waals surface area contributed by atoms with E-state index in [1.54, 1.807) is 9.96 Å². The maximum atomic E-state index is 13.0. The van der Waals surface area contributed by atoms with Gasteiger partial charge in [0, 0.05) is 5.39 Å². The minimum Gasteiger partial charge on any atom is -0.319 e. The van der Waals surface area contributed by atoms with Gasteiger partial charge in [-0.1, -0.05) is 84.9 Å². The molecular formula is C24H18N2O2. The van der Waals surface area contributed by atoms with E-state index in [4.69, 9.17) is 4.84 Å². The summed E-state index contributed by atoms with van der Waals surface area (Å²) in [6.45, 7) is 0. The third-order valence-electron chi connectivity index (χ3n) is 4.97. The van der Waals surface area contributed by atoms with E-state index in [1.165, 1.54) is 0 Å². The molecule has 0 N–H and O–H groups in total. The van der Waals surface area contributed by atoms with Gasteiger partial charge in [0.1, 0.15) is 0 Å². The van der Waals surface area contributed by atoms with Crippen molar-refractivity contribution >= 4 is 28.2 Å². The molecule has 0 unspecified atom stereocenters. The lowest BCUT2D eigenvalue weighted by Gasteiger charge is -2.28. The minimum atomic E-state index is -0.401. The number of fused-ring (bicyclic) bond motifs is 1. The first-order valence-electron chi connectivity index (χ1n) is 9.21. The maximum Gasteiger partial charge on any atom is 0.441 e. The molecule has 1 saturated heterocycles. The van der Waals surface area contributed by atoms with Crippen molar-refractivity contribution in [1.29, 1.82) is 0 Å². The highest BCUT2D eigenvalue weighted by Crippen LogP contribution is 2.41. The standard InChI is InChI=1S/C24H18N2O2/c27-24-25(22-17-9-13-18-10-7-8-16-21(18)22)23(19-11-3-1-4-12-19)26(28-24)20-14-5-2-6-15-20/h1-17,23H/t23-/m0/s1. The Morgan fingerprint density at radius 2 is 1.32 bits per heavy atom. The highest BCUT2D eigenvalue weighted by atomic mass is 16.7. The van der Waals surface area contributed by atoms with Crippen LogP contribution in [0.1, 0.15) is 11.7 Å². The van der Waals surface area contributed by atoms with Crippen molar-refractivity contribution in [2.75, 3.05) is 9.96 Å². The Kier molecular flexibility index (Phi) is 3.95. The fraction of sp³-hybridized carbons (Fsp3) is 0.0417. The number of hydroxylamine groups is 1. The van der Waals surface area contributed by atoms with Gasteiger partial charge in [0.2, 0.25) is 0 Å². The van der Waals surface area contributed by atoms with Gasteiger partial charge in [-0.3, -0.25) is 0 Å². The van der Waals surface area contributed by atoms with Crippen LogP contribution in [0.25, 0.3) is 10.8 Å². The Morgan fingerprint density at radius 1 is 0.679 bits per heavy atom. The predicted octanol–water partition coefficient (Wildman–Crippen LogP) is 5.92. The molecule has 1 aliphatic rings. The van der Waals surface area contributed by atoms with E-state index in [0.717, 1.165) is 27.7 Å². The molecule has 1 heterocycles. The Hall–Kier alpha value is -3.79. The first-order valence-corrected chi connectivity index (χ1v) is 9.21. The molecule has 4 heteroatoms. The molecule has 1 amide bonds. The number of nitrogens with zero attached hydrogens (tertiary/aromatic N) is 2. The highest BCUT2D eigenvalue weighted by molar-refractivity contribution is 6.03. The van der Waals surface area contributed by atoms with E-state index in [0.29, 0.717) is 0 Å². The van der Waals surface area contributed by atoms with Gasteiger partial charge in [-0.25, -0.2) is 9.69 Å². The number of para-hydroxylation sites is 1. The summed E-state index contributed by atoms with van der Waals surface area (Å²) < 4.78 is 0. The molecule has 0 spiro atoms. The van der Waals surface area contributed by atoms with Crippen LogP contribution in [0.5, 0.6) is 0 Å². The molecule has 4 nitrogen and oxygen atoms in total. The summed E-state index contributed by atoms with van der Waals surface area (Å²) in [4.78, 5) is 20.5. The van der Waals surface area contributed by atoms with E-state index in [9.17, 15) is 4.79 Å². The molecule has 4 aromatic rings. The molecule has 5 rings (SSSR count). The number of hydrogen-bond acceptors (Lipinski definition) is 3. The van der Waals surface area contributed by atoms with Gasteiger partial charge < -0.3 is 4.84 Å². The van der Waals surface area contributed by atoms with E-state index in [-0.39, 0.29) is 0 Å². The van der Waals surface area contributed by atoms with E-state index in [2.05, 4.69) is 0 Å². The second-order valence-corrected chi connectivity index (χ2v) is 6.67. The van der Waals surface area contributed by atoms with E-state index >= 15 is 0 Å². The van der Waals surface area contributed by atoms with Crippen LogP contribution < -0.4 is 9.96 Å². The van der Waals surface area contributed by atoms with Crippen LogP contribution in [0.3, 0.4) is 0 Å². The van der Waals surface area contributed by atoms with Gasteiger partial charge in [0.25, 0.3) is 0 Å². The summed E-state index contributed by atoms with van der Waals surface area (Å²) in [7, 11) is 0. The van der Waals surface area contributed by atoms with Crippen molar-refractivity contribution in [1.82, 2.24) is 0 Å². The largest absolute Gasteiger partial charge is 0.441 e. The SMILES string of the molecule is O=C1ON(c2ccccc2)[C@@H](c2ccccc2)N1c1cccc2ccccc12. The number of carbonyl (C=O) groups excluding carboxylic acids is 1. The topological polar surface area (TPSA) is 32.8 Å². The zero-order chi connectivity index (χ0) is 18.9. The van der Waals surface area contributed by atoms with Crippen molar-refractivity contribution in [2.24, 2.45) is 0 Å². The Balaban J connectivity index is 1.70. The number of amides is 1. The van der Waals surface area contributed by atoms with Crippen molar-refractivity contribution in [3.05, 3.63) is 109 Å². The quantitative estimate of drug-likeness (QED) is 0.451. The molecule has 1 aliphatic heterocycles. The molecule has 136 valence electrons. The smallest absolute Gasteiger partial charge is 0.319 e. The second-order valence-electron chi connectivity index (χ2n) is 6.67. The second kappa shape index (κ2) is 6.74. The summed E-state index contributed by atoms with van der Waals surface area (Å²) in [5.74, 6) is 0. The van der Waals surface area contributed by atoms with Crippen LogP contribution in [-0.4, -0.2) is 6.09 Å². The van der Waals surface area contributed by atoms with Gasteiger partial charge >= 0.3 is 6.09 Å². The van der Waals surface area contributed by atoms with Gasteiger partial charge in [-0.2, -0.15) is 5.06 Å². The summed E-state index contributed by atoms with van der Waals surface area (Å²) in [5, 5.41) is 3.77. The zero-order valence-electron chi connectivity index (χ0n) is 15.1. The number of carbonyl (C=O) groups is 1. The van der Waals surface area contributed by atoms with Crippen LogP contribution in [0, 0.1) is 0 Å². The Bertz CT molecular complexity index is 1120. The van der Waals surface area contributed by atoms with Crippen molar-refractivity contribution in [2.45, 2.75) is 6.17 Å². The summed E-state index contributed by atoms with van der Waals surface area (Å²) in [5.41, 5.74) is 2.63. The van der Waals surface area contributed by atoms with Crippen molar-refractivity contribution in [3.63, 3.8) is 0 Å². The molecule has 28 heavy (non-hydrogen) atoms. The first kappa shape index (κ1) is 16.4. The zero-order valence-corrected chi connectivity index (χ0v) is 15.1. The minimum absolute atomic E-state index is 0.394. The van der Waals surface area contributed by atoms with Gasteiger partial charge in [0.05, 0.1) is 11.4 Å². The Morgan fingerprint density at radius 3 is 2.11 bits per heavy atom. The molecular weight excluding hydrogens is 348 g/mol. The monoisotopic (exact) mass is 366 g/mol. The van der Waals surface area contributed by atoms with Gasteiger partial charge in [-0.15, -0.1) is 0 Å². The summed E-state index contributed by atoms with van der Waals surface area (Å²) in [6.07, 6.45) is -0.795. The number of hydrogen-bond donors (Lipinski definition) is 0. The predicted molar refractivity (Wildman–Crippen MR) is 111 cm³/mol.